The van der Waals surface area contributed by atoms with E-state index in [1.54, 1.807) is 16.8 Å². The molecule has 0 spiro atoms. The summed E-state index contributed by atoms with van der Waals surface area (Å²) in [5.41, 5.74) is 14.6. The van der Waals surface area contributed by atoms with Gasteiger partial charge in [0, 0.05) is 13.1 Å². The molecule has 0 aliphatic rings. The third-order valence-corrected chi connectivity index (χ3v) is 4.40. The van der Waals surface area contributed by atoms with E-state index in [4.69, 9.17) is 17.3 Å². The number of nitrogens with one attached hydrogen (secondary N) is 1. The topological polar surface area (TPSA) is 119 Å². The summed E-state index contributed by atoms with van der Waals surface area (Å²) in [5.74, 6) is 8.22. The fourth-order valence-corrected chi connectivity index (χ4v) is 2.89. The van der Waals surface area contributed by atoms with Crippen LogP contribution < -0.4 is 27.6 Å². The van der Waals surface area contributed by atoms with Crippen molar-refractivity contribution in [2.45, 2.75) is 32.0 Å². The van der Waals surface area contributed by atoms with Gasteiger partial charge in [-0.2, -0.15) is 0 Å². The first-order chi connectivity index (χ1) is 12.1. The molecule has 136 valence electrons. The van der Waals surface area contributed by atoms with E-state index in [9.17, 15) is 0 Å². The number of aryl methyl sites for hydroxylation is 1. The van der Waals surface area contributed by atoms with Crippen molar-refractivity contribution in [2.24, 2.45) is 11.6 Å². The highest BCUT2D eigenvalue weighted by Gasteiger charge is 2.16. The highest BCUT2D eigenvalue weighted by atomic mass is 32.2. The van der Waals surface area contributed by atoms with Gasteiger partial charge in [0.2, 0.25) is 0 Å². The van der Waals surface area contributed by atoms with Gasteiger partial charge in [-0.1, -0.05) is 49.9 Å². The van der Waals surface area contributed by atoms with Gasteiger partial charge in [0.1, 0.15) is 5.69 Å². The van der Waals surface area contributed by atoms with Gasteiger partial charge in [-0.05, 0) is 23.3 Å². The van der Waals surface area contributed by atoms with Crippen LogP contribution in [0.25, 0.3) is 0 Å². The Morgan fingerprint density at radius 2 is 1.80 bits per heavy atom. The van der Waals surface area contributed by atoms with Gasteiger partial charge in [0.25, 0.3) is 0 Å². The Balaban J connectivity index is 2.25. The summed E-state index contributed by atoms with van der Waals surface area (Å²) in [6, 6.07) is 8.37. The van der Waals surface area contributed by atoms with E-state index >= 15 is 0 Å². The van der Waals surface area contributed by atoms with Crippen LogP contribution in [0, 0.1) is 0 Å². The third kappa shape index (κ3) is 5.22. The van der Waals surface area contributed by atoms with Crippen molar-refractivity contribution in [1.82, 2.24) is 9.97 Å². The first-order valence-corrected chi connectivity index (χ1v) is 9.41. The average molecular weight is 362 g/mol. The molecule has 7 nitrogen and oxygen atoms in total. The zero-order valence-electron chi connectivity index (χ0n) is 14.8. The van der Waals surface area contributed by atoms with E-state index in [0.29, 0.717) is 42.1 Å². The van der Waals surface area contributed by atoms with Crippen molar-refractivity contribution in [3.05, 3.63) is 35.4 Å². The number of anilines is 3. The molecule has 1 heterocycles. The molecule has 1 aromatic heterocycles. The third-order valence-electron chi connectivity index (χ3n) is 3.67. The second-order valence-corrected chi connectivity index (χ2v) is 6.77. The van der Waals surface area contributed by atoms with Crippen LogP contribution in [0.5, 0.6) is 0 Å². The van der Waals surface area contributed by atoms with Crippen molar-refractivity contribution in [3.8, 4) is 0 Å². The molecule has 0 saturated carbocycles. The van der Waals surface area contributed by atoms with E-state index < -0.39 is 0 Å². The van der Waals surface area contributed by atoms with Crippen LogP contribution in [0.3, 0.4) is 0 Å². The van der Waals surface area contributed by atoms with E-state index in [-0.39, 0.29) is 0 Å². The van der Waals surface area contributed by atoms with Crippen molar-refractivity contribution in [3.63, 3.8) is 0 Å². The number of aromatic nitrogens is 2. The smallest absolute Gasteiger partial charge is 0.191 e. The molecule has 25 heavy (non-hydrogen) atoms. The Morgan fingerprint density at radius 1 is 1.12 bits per heavy atom. The van der Waals surface area contributed by atoms with E-state index in [1.165, 1.54) is 5.56 Å². The second-order valence-electron chi connectivity index (χ2n) is 5.54. The highest BCUT2D eigenvalue weighted by Crippen LogP contribution is 2.29. The molecule has 0 aliphatic heterocycles. The summed E-state index contributed by atoms with van der Waals surface area (Å²) in [4.78, 5) is 8.97. The minimum Gasteiger partial charge on any atom is -0.393 e. The molecule has 0 fully saturated rings. The summed E-state index contributed by atoms with van der Waals surface area (Å²) in [7, 11) is 0. The van der Waals surface area contributed by atoms with Gasteiger partial charge in [0.05, 0.1) is 6.54 Å². The number of nitrogens with zero attached hydrogens (tertiary/aromatic N) is 3. The van der Waals surface area contributed by atoms with Crippen LogP contribution in [0.4, 0.5) is 17.3 Å². The molecular formula is C17H27N7S. The molecule has 8 heteroatoms. The van der Waals surface area contributed by atoms with Crippen LogP contribution >= 0.6 is 11.8 Å². The van der Waals surface area contributed by atoms with Gasteiger partial charge in [0.15, 0.2) is 16.8 Å². The standard InChI is InChI=1S/C17H27N7S/c1-3-12-5-7-13(8-6-12)11-24(20)16-14(19)15(21-10-9-18)22-17(23-16)25-4-2/h5-8H,3-4,9-11,18-20H2,1-2H3,(H,21,22,23). The summed E-state index contributed by atoms with van der Waals surface area (Å²) in [5, 5.41) is 5.34. The molecule has 0 bridgehead atoms. The minimum atomic E-state index is 0.432. The fourth-order valence-electron chi connectivity index (χ4n) is 2.33. The number of hydrazine groups is 1. The minimum absolute atomic E-state index is 0.432. The summed E-state index contributed by atoms with van der Waals surface area (Å²) in [6.45, 7) is 5.77. The Labute approximate surface area is 153 Å². The number of thioether (sulfide) groups is 1. The summed E-state index contributed by atoms with van der Waals surface area (Å²) < 4.78 is 0. The van der Waals surface area contributed by atoms with E-state index in [0.717, 1.165) is 17.7 Å². The first kappa shape index (κ1) is 19.3. The van der Waals surface area contributed by atoms with Gasteiger partial charge < -0.3 is 16.8 Å². The van der Waals surface area contributed by atoms with Crippen molar-refractivity contribution >= 4 is 29.1 Å². The number of hydrogen-bond acceptors (Lipinski definition) is 8. The van der Waals surface area contributed by atoms with Gasteiger partial charge in [-0.15, -0.1) is 0 Å². The van der Waals surface area contributed by atoms with Crippen LogP contribution in [-0.2, 0) is 13.0 Å². The predicted octanol–water partition coefficient (Wildman–Crippen LogP) is 1.98. The lowest BCUT2D eigenvalue weighted by Gasteiger charge is -2.21. The molecule has 0 saturated heterocycles. The second kappa shape index (κ2) is 9.45. The molecule has 0 radical (unpaired) electrons. The number of nitrogens with two attached hydrogens (primary N) is 3. The largest absolute Gasteiger partial charge is 0.393 e. The number of hydrogen-bond donors (Lipinski definition) is 4. The van der Waals surface area contributed by atoms with Crippen molar-refractivity contribution < 1.29 is 0 Å². The normalized spacial score (nSPS) is 10.7. The summed E-state index contributed by atoms with van der Waals surface area (Å²) >= 11 is 1.54. The molecular weight excluding hydrogens is 334 g/mol. The predicted molar refractivity (Wildman–Crippen MR) is 107 cm³/mol. The van der Waals surface area contributed by atoms with Gasteiger partial charge >= 0.3 is 0 Å². The first-order valence-electron chi connectivity index (χ1n) is 8.43. The number of benzene rings is 1. The summed E-state index contributed by atoms with van der Waals surface area (Å²) in [6.07, 6.45) is 1.01. The Kier molecular flexibility index (Phi) is 7.30. The number of rotatable bonds is 9. The maximum atomic E-state index is 6.26. The lowest BCUT2D eigenvalue weighted by atomic mass is 10.1. The molecule has 2 rings (SSSR count). The van der Waals surface area contributed by atoms with Crippen LogP contribution in [0.2, 0.25) is 0 Å². The average Bonchev–Trinajstić information content (AvgIpc) is 2.62. The van der Waals surface area contributed by atoms with Crippen LogP contribution in [-0.4, -0.2) is 28.8 Å². The highest BCUT2D eigenvalue weighted by molar-refractivity contribution is 7.99. The zero-order valence-corrected chi connectivity index (χ0v) is 15.6. The van der Waals surface area contributed by atoms with Crippen molar-refractivity contribution in [2.75, 3.05) is 34.9 Å². The van der Waals surface area contributed by atoms with E-state index in [2.05, 4.69) is 46.5 Å². The lowest BCUT2D eigenvalue weighted by molar-refractivity contribution is 0.808. The zero-order chi connectivity index (χ0) is 18.2. The monoisotopic (exact) mass is 361 g/mol. The molecule has 0 unspecified atom stereocenters. The van der Waals surface area contributed by atoms with Crippen LogP contribution in [0.1, 0.15) is 25.0 Å². The molecule has 2 aromatic rings. The molecule has 0 atom stereocenters. The molecule has 7 N–H and O–H groups in total. The van der Waals surface area contributed by atoms with Crippen LogP contribution in [0.15, 0.2) is 29.4 Å². The molecule has 0 amide bonds. The van der Waals surface area contributed by atoms with Crippen molar-refractivity contribution in [1.29, 1.82) is 0 Å². The lowest BCUT2D eigenvalue weighted by Crippen LogP contribution is -2.32. The Hall–Kier alpha value is -2.03. The molecule has 0 aliphatic carbocycles. The SMILES string of the molecule is CCSc1nc(NCCN)c(N)c(N(N)Cc2ccc(CC)cc2)n1. The maximum Gasteiger partial charge on any atom is 0.191 e. The quantitative estimate of drug-likeness (QED) is 0.232. The maximum absolute atomic E-state index is 6.26. The van der Waals surface area contributed by atoms with Gasteiger partial charge in [-0.3, -0.25) is 5.01 Å². The van der Waals surface area contributed by atoms with E-state index in [1.807, 2.05) is 6.92 Å². The van der Waals surface area contributed by atoms with Gasteiger partial charge in [-0.25, -0.2) is 15.8 Å². The Bertz CT molecular complexity index is 675. The fraction of sp³-hybridized carbons (Fsp3) is 0.412. The molecule has 1 aromatic carbocycles. The number of nitrogen functional groups attached to an aromatic ring is 1. The Morgan fingerprint density at radius 3 is 2.40 bits per heavy atom.